The van der Waals surface area contributed by atoms with Gasteiger partial charge in [0, 0.05) is 13.7 Å². The number of benzene rings is 1. The van der Waals surface area contributed by atoms with Crippen LogP contribution in [0.2, 0.25) is 0 Å². The summed E-state index contributed by atoms with van der Waals surface area (Å²) in [5, 5.41) is -0.200. The van der Waals surface area contributed by atoms with E-state index in [1.165, 1.54) is 12.1 Å². The molecule has 2 rings (SSSR count). The first-order chi connectivity index (χ1) is 8.63. The maximum atomic E-state index is 13.3. The van der Waals surface area contributed by atoms with E-state index in [0.29, 0.717) is 13.2 Å². The number of amides is 1. The second-order valence-electron chi connectivity index (χ2n) is 4.21. The Labute approximate surface area is 110 Å². The molecule has 1 amide bonds. The summed E-state index contributed by atoms with van der Waals surface area (Å²) in [6.45, 7) is 2.91. The number of ether oxygens (including phenoxy) is 1. The summed E-state index contributed by atoms with van der Waals surface area (Å²) in [6.07, 6.45) is 0. The Bertz CT molecular complexity index is 441. The number of hydrogen-bond acceptors (Lipinski definition) is 3. The molecule has 1 aromatic carbocycles. The summed E-state index contributed by atoms with van der Waals surface area (Å²) in [5.41, 5.74) is 0.828. The Morgan fingerprint density at radius 1 is 1.50 bits per heavy atom. The molecule has 18 heavy (non-hydrogen) atoms. The molecule has 1 aliphatic rings. The summed E-state index contributed by atoms with van der Waals surface area (Å²) in [5.74, 6) is -0.182. The third-order valence-corrected chi connectivity index (χ3v) is 4.31. The summed E-state index contributed by atoms with van der Waals surface area (Å²) < 4.78 is 18.3. The van der Waals surface area contributed by atoms with Crippen LogP contribution in [0.1, 0.15) is 17.9 Å². The van der Waals surface area contributed by atoms with Gasteiger partial charge in [-0.15, -0.1) is 11.8 Å². The van der Waals surface area contributed by atoms with Crippen LogP contribution in [0.4, 0.5) is 4.39 Å². The smallest absolute Gasteiger partial charge is 0.236 e. The van der Waals surface area contributed by atoms with E-state index >= 15 is 0 Å². The number of halogens is 1. The molecule has 1 saturated heterocycles. The molecule has 2 atom stereocenters. The molecule has 1 fully saturated rings. The molecule has 1 aliphatic heterocycles. The minimum Gasteiger partial charge on any atom is -0.383 e. The van der Waals surface area contributed by atoms with E-state index in [9.17, 15) is 9.18 Å². The van der Waals surface area contributed by atoms with Gasteiger partial charge in [0.2, 0.25) is 5.91 Å². The Morgan fingerprint density at radius 2 is 2.28 bits per heavy atom. The molecule has 0 spiro atoms. The first-order valence-corrected chi connectivity index (χ1v) is 6.78. The largest absolute Gasteiger partial charge is 0.383 e. The van der Waals surface area contributed by atoms with Gasteiger partial charge >= 0.3 is 0 Å². The normalized spacial score (nSPS) is 23.7. The van der Waals surface area contributed by atoms with Gasteiger partial charge in [0.15, 0.2) is 0 Å². The summed E-state index contributed by atoms with van der Waals surface area (Å²) in [4.78, 5) is 13.8. The van der Waals surface area contributed by atoms with Gasteiger partial charge in [-0.05, 0) is 24.6 Å². The third kappa shape index (κ3) is 2.67. The van der Waals surface area contributed by atoms with Crippen molar-refractivity contribution in [2.24, 2.45) is 0 Å². The minimum atomic E-state index is -0.271. The van der Waals surface area contributed by atoms with Crippen molar-refractivity contribution in [3.63, 3.8) is 0 Å². The second kappa shape index (κ2) is 5.71. The van der Waals surface area contributed by atoms with Crippen molar-refractivity contribution in [2.45, 2.75) is 17.5 Å². The monoisotopic (exact) mass is 269 g/mol. The van der Waals surface area contributed by atoms with Crippen molar-refractivity contribution in [3.05, 3.63) is 35.6 Å². The van der Waals surface area contributed by atoms with Crippen LogP contribution in [0.3, 0.4) is 0 Å². The second-order valence-corrected chi connectivity index (χ2v) is 5.64. The molecule has 3 nitrogen and oxygen atoms in total. The highest BCUT2D eigenvalue weighted by Crippen LogP contribution is 2.42. The van der Waals surface area contributed by atoms with Crippen molar-refractivity contribution in [2.75, 3.05) is 20.3 Å². The van der Waals surface area contributed by atoms with Crippen LogP contribution < -0.4 is 0 Å². The Kier molecular flexibility index (Phi) is 4.24. The summed E-state index contributed by atoms with van der Waals surface area (Å²) in [7, 11) is 1.61. The fourth-order valence-electron chi connectivity index (χ4n) is 2.01. The number of thioether (sulfide) groups is 1. The molecule has 0 aromatic heterocycles. The molecule has 0 saturated carbocycles. The van der Waals surface area contributed by atoms with Crippen molar-refractivity contribution < 1.29 is 13.9 Å². The zero-order valence-corrected chi connectivity index (χ0v) is 11.2. The average Bonchev–Trinajstić information content (AvgIpc) is 2.64. The highest BCUT2D eigenvalue weighted by atomic mass is 32.2. The third-order valence-electron chi connectivity index (χ3n) is 2.92. The average molecular weight is 269 g/mol. The number of carbonyl (C=O) groups is 1. The van der Waals surface area contributed by atoms with Gasteiger partial charge in [0.1, 0.15) is 11.2 Å². The van der Waals surface area contributed by atoms with Gasteiger partial charge < -0.3 is 9.64 Å². The number of rotatable bonds is 4. The van der Waals surface area contributed by atoms with E-state index < -0.39 is 0 Å². The molecule has 98 valence electrons. The van der Waals surface area contributed by atoms with Crippen LogP contribution in [-0.2, 0) is 9.53 Å². The summed E-state index contributed by atoms with van der Waals surface area (Å²) >= 11 is 1.55. The maximum absolute atomic E-state index is 13.3. The topological polar surface area (TPSA) is 29.5 Å². The van der Waals surface area contributed by atoms with Crippen molar-refractivity contribution >= 4 is 17.7 Å². The predicted molar refractivity (Wildman–Crippen MR) is 69.8 cm³/mol. The van der Waals surface area contributed by atoms with Gasteiger partial charge in [-0.2, -0.15) is 0 Å². The zero-order chi connectivity index (χ0) is 13.1. The van der Waals surface area contributed by atoms with Gasteiger partial charge in [0.25, 0.3) is 0 Å². The van der Waals surface area contributed by atoms with Gasteiger partial charge in [-0.3, -0.25) is 4.79 Å². The lowest BCUT2D eigenvalue weighted by Gasteiger charge is -2.23. The molecule has 0 aliphatic carbocycles. The van der Waals surface area contributed by atoms with E-state index in [0.717, 1.165) is 5.56 Å². The SMILES string of the molecule is COCCN1C(=O)C(C)SC1c1cccc(F)c1. The highest BCUT2D eigenvalue weighted by Gasteiger charge is 2.38. The Hall–Kier alpha value is -1.07. The summed E-state index contributed by atoms with van der Waals surface area (Å²) in [6, 6.07) is 6.43. The Balaban J connectivity index is 2.22. The minimum absolute atomic E-state index is 0.0878. The maximum Gasteiger partial charge on any atom is 0.236 e. The molecule has 5 heteroatoms. The van der Waals surface area contributed by atoms with E-state index in [1.807, 2.05) is 13.0 Å². The molecule has 0 bridgehead atoms. The molecule has 0 N–H and O–H groups in total. The number of nitrogens with zero attached hydrogens (tertiary/aromatic N) is 1. The van der Waals surface area contributed by atoms with Crippen LogP contribution in [0, 0.1) is 5.82 Å². The van der Waals surface area contributed by atoms with Gasteiger partial charge in [-0.25, -0.2) is 4.39 Å². The van der Waals surface area contributed by atoms with Gasteiger partial charge in [-0.1, -0.05) is 12.1 Å². The van der Waals surface area contributed by atoms with Crippen LogP contribution in [0.5, 0.6) is 0 Å². The van der Waals surface area contributed by atoms with Crippen molar-refractivity contribution in [1.29, 1.82) is 0 Å². The van der Waals surface area contributed by atoms with Crippen molar-refractivity contribution in [3.8, 4) is 0 Å². The molecule has 1 aromatic rings. The van der Waals surface area contributed by atoms with Crippen LogP contribution in [0.15, 0.2) is 24.3 Å². The van der Waals surface area contributed by atoms with Crippen LogP contribution >= 0.6 is 11.8 Å². The van der Waals surface area contributed by atoms with Gasteiger partial charge in [0.05, 0.1) is 11.9 Å². The Morgan fingerprint density at radius 3 is 2.94 bits per heavy atom. The molecule has 1 heterocycles. The van der Waals surface area contributed by atoms with E-state index in [1.54, 1.807) is 29.8 Å². The lowest BCUT2D eigenvalue weighted by atomic mass is 10.2. The van der Waals surface area contributed by atoms with Crippen molar-refractivity contribution in [1.82, 2.24) is 4.90 Å². The fraction of sp³-hybridized carbons (Fsp3) is 0.462. The highest BCUT2D eigenvalue weighted by molar-refractivity contribution is 8.01. The molecule has 0 radical (unpaired) electrons. The standard InChI is InChI=1S/C13H16FNO2S/c1-9-12(16)15(6-7-17-2)13(18-9)10-4-3-5-11(14)8-10/h3-5,8-9,13H,6-7H2,1-2H3. The first kappa shape index (κ1) is 13.4. The molecule has 2 unspecified atom stereocenters. The van der Waals surface area contributed by atoms with Crippen LogP contribution in [-0.4, -0.2) is 36.3 Å². The quantitative estimate of drug-likeness (QED) is 0.841. The molecular weight excluding hydrogens is 253 g/mol. The lowest BCUT2D eigenvalue weighted by molar-refractivity contribution is -0.130. The lowest BCUT2D eigenvalue weighted by Crippen LogP contribution is -2.33. The fourth-order valence-corrected chi connectivity index (χ4v) is 3.31. The molecular formula is C13H16FNO2S. The number of methoxy groups -OCH3 is 1. The first-order valence-electron chi connectivity index (χ1n) is 5.84. The van der Waals surface area contributed by atoms with E-state index in [4.69, 9.17) is 4.74 Å². The number of carbonyl (C=O) groups excluding carboxylic acids is 1. The predicted octanol–water partition coefficient (Wildman–Crippen LogP) is 2.43. The van der Waals surface area contributed by atoms with E-state index in [2.05, 4.69) is 0 Å². The van der Waals surface area contributed by atoms with E-state index in [-0.39, 0.29) is 22.3 Å². The van der Waals surface area contributed by atoms with Crippen LogP contribution in [0.25, 0.3) is 0 Å². The zero-order valence-electron chi connectivity index (χ0n) is 10.4. The number of hydrogen-bond donors (Lipinski definition) is 0.